The van der Waals surface area contributed by atoms with Gasteiger partial charge in [-0.2, -0.15) is 0 Å². The first-order valence-corrected chi connectivity index (χ1v) is 6.92. The highest BCUT2D eigenvalue weighted by molar-refractivity contribution is 5.30. The molecule has 5 heteroatoms. The molecule has 3 rings (SSSR count). The van der Waals surface area contributed by atoms with Crippen molar-refractivity contribution in [2.24, 2.45) is 0 Å². The number of fused-ring (bicyclic) bond motifs is 1. The summed E-state index contributed by atoms with van der Waals surface area (Å²) in [6, 6.07) is 9.06. The number of rotatable bonds is 4. The Morgan fingerprint density at radius 2 is 2.16 bits per heavy atom. The van der Waals surface area contributed by atoms with Gasteiger partial charge in [0.25, 0.3) is 0 Å². The minimum absolute atomic E-state index is 0.388. The topological polar surface area (TPSA) is 55.6 Å². The first kappa shape index (κ1) is 12.3. The molecule has 0 radical (unpaired) electrons. The summed E-state index contributed by atoms with van der Waals surface area (Å²) >= 11 is 0. The summed E-state index contributed by atoms with van der Waals surface area (Å²) in [6.45, 7) is 3.76. The van der Waals surface area contributed by atoms with E-state index in [1.54, 1.807) is 0 Å². The summed E-state index contributed by atoms with van der Waals surface area (Å²) in [5, 5.41) is 15.4. The van der Waals surface area contributed by atoms with Gasteiger partial charge in [0.2, 0.25) is 0 Å². The van der Waals surface area contributed by atoms with E-state index in [2.05, 4.69) is 52.0 Å². The number of nitrogens with one attached hydrogen (secondary N) is 1. The minimum Gasteiger partial charge on any atom is -0.310 e. The fraction of sp³-hybridized carbons (Fsp3) is 0.500. The lowest BCUT2D eigenvalue weighted by atomic mass is 9.88. The second-order valence-corrected chi connectivity index (χ2v) is 4.99. The first-order valence-electron chi connectivity index (χ1n) is 6.92. The van der Waals surface area contributed by atoms with E-state index in [0.717, 1.165) is 38.2 Å². The van der Waals surface area contributed by atoms with Crippen LogP contribution in [0, 0.1) is 0 Å². The Morgan fingerprint density at radius 1 is 1.32 bits per heavy atom. The number of aryl methyl sites for hydroxylation is 1. The van der Waals surface area contributed by atoms with Crippen molar-refractivity contribution >= 4 is 0 Å². The van der Waals surface area contributed by atoms with E-state index in [1.807, 2.05) is 4.68 Å². The Bertz CT molecular complexity index is 548. The van der Waals surface area contributed by atoms with Gasteiger partial charge < -0.3 is 5.32 Å². The molecule has 2 aromatic rings. The quantitative estimate of drug-likeness (QED) is 0.902. The summed E-state index contributed by atoms with van der Waals surface area (Å²) < 4.78 is 2.00. The zero-order valence-electron chi connectivity index (χ0n) is 11.2. The molecule has 100 valence electrons. The molecule has 1 aromatic carbocycles. The molecule has 1 atom stereocenters. The molecule has 1 unspecified atom stereocenters. The zero-order valence-corrected chi connectivity index (χ0v) is 11.2. The van der Waals surface area contributed by atoms with Crippen molar-refractivity contribution < 1.29 is 0 Å². The third kappa shape index (κ3) is 2.51. The van der Waals surface area contributed by atoms with Crippen LogP contribution in [0.15, 0.2) is 24.3 Å². The maximum Gasteiger partial charge on any atom is 0.165 e. The third-order valence-electron chi connectivity index (χ3n) is 3.76. The molecule has 1 N–H and O–H groups in total. The van der Waals surface area contributed by atoms with Crippen molar-refractivity contribution in [1.82, 2.24) is 25.5 Å². The van der Waals surface area contributed by atoms with Crippen LogP contribution in [0.1, 0.15) is 36.3 Å². The van der Waals surface area contributed by atoms with Crippen LogP contribution >= 0.6 is 0 Å². The average Bonchev–Trinajstić information content (AvgIpc) is 2.93. The van der Waals surface area contributed by atoms with Gasteiger partial charge in [-0.3, -0.25) is 0 Å². The smallest absolute Gasteiger partial charge is 0.165 e. The van der Waals surface area contributed by atoms with Gasteiger partial charge in [-0.1, -0.05) is 31.2 Å². The number of hydrogen-bond acceptors (Lipinski definition) is 4. The summed E-state index contributed by atoms with van der Waals surface area (Å²) in [5.74, 6) is 0.936. The molecular formula is C14H19N5. The average molecular weight is 257 g/mol. The van der Waals surface area contributed by atoms with Crippen LogP contribution in [0.2, 0.25) is 0 Å². The molecule has 1 aliphatic rings. The lowest BCUT2D eigenvalue weighted by molar-refractivity contribution is 0.381. The lowest BCUT2D eigenvalue weighted by Crippen LogP contribution is -2.24. The van der Waals surface area contributed by atoms with Gasteiger partial charge in [0.05, 0.1) is 12.6 Å². The van der Waals surface area contributed by atoms with Gasteiger partial charge in [-0.05, 0) is 47.4 Å². The number of aromatic nitrogens is 4. The SMILES string of the molecule is CCNCc1nnnn1C1CCc2ccccc2C1. The van der Waals surface area contributed by atoms with Crippen molar-refractivity contribution in [2.45, 2.75) is 38.8 Å². The van der Waals surface area contributed by atoms with E-state index in [-0.39, 0.29) is 0 Å². The largest absolute Gasteiger partial charge is 0.310 e. The van der Waals surface area contributed by atoms with Crippen molar-refractivity contribution in [3.8, 4) is 0 Å². The first-order chi connectivity index (χ1) is 9.38. The number of nitrogens with zero attached hydrogens (tertiary/aromatic N) is 4. The van der Waals surface area contributed by atoms with E-state index >= 15 is 0 Å². The molecule has 1 aliphatic carbocycles. The van der Waals surface area contributed by atoms with Crippen LogP contribution in [-0.4, -0.2) is 26.8 Å². The molecule has 0 spiro atoms. The predicted molar refractivity (Wildman–Crippen MR) is 72.7 cm³/mol. The molecule has 0 bridgehead atoms. The maximum absolute atomic E-state index is 4.18. The molecule has 1 aromatic heterocycles. The van der Waals surface area contributed by atoms with E-state index in [1.165, 1.54) is 11.1 Å². The van der Waals surface area contributed by atoms with E-state index < -0.39 is 0 Å². The molecule has 19 heavy (non-hydrogen) atoms. The third-order valence-corrected chi connectivity index (χ3v) is 3.76. The van der Waals surface area contributed by atoms with E-state index in [0.29, 0.717) is 6.04 Å². The van der Waals surface area contributed by atoms with Gasteiger partial charge in [0, 0.05) is 0 Å². The number of hydrogen-bond donors (Lipinski definition) is 1. The van der Waals surface area contributed by atoms with Crippen LogP contribution in [0.3, 0.4) is 0 Å². The summed E-state index contributed by atoms with van der Waals surface area (Å²) in [4.78, 5) is 0. The Kier molecular flexibility index (Phi) is 3.55. The molecule has 0 saturated carbocycles. The minimum atomic E-state index is 0.388. The molecule has 0 saturated heterocycles. The lowest BCUT2D eigenvalue weighted by Gasteiger charge is -2.25. The Labute approximate surface area is 113 Å². The monoisotopic (exact) mass is 257 g/mol. The number of tetrazole rings is 1. The Morgan fingerprint density at radius 3 is 3.00 bits per heavy atom. The fourth-order valence-corrected chi connectivity index (χ4v) is 2.74. The summed E-state index contributed by atoms with van der Waals surface area (Å²) in [5.41, 5.74) is 2.91. The van der Waals surface area contributed by atoms with E-state index in [9.17, 15) is 0 Å². The normalized spacial score (nSPS) is 18.3. The second kappa shape index (κ2) is 5.48. The Hall–Kier alpha value is -1.75. The van der Waals surface area contributed by atoms with Gasteiger partial charge in [-0.25, -0.2) is 4.68 Å². The van der Waals surface area contributed by atoms with Gasteiger partial charge in [-0.15, -0.1) is 5.10 Å². The van der Waals surface area contributed by atoms with Crippen LogP contribution in [0.5, 0.6) is 0 Å². The Balaban J connectivity index is 1.79. The highest BCUT2D eigenvalue weighted by atomic mass is 15.6. The van der Waals surface area contributed by atoms with Gasteiger partial charge >= 0.3 is 0 Å². The highest BCUT2D eigenvalue weighted by Crippen LogP contribution is 2.28. The van der Waals surface area contributed by atoms with Crippen LogP contribution in [0.4, 0.5) is 0 Å². The summed E-state index contributed by atoms with van der Waals surface area (Å²) in [6.07, 6.45) is 3.25. The molecule has 0 amide bonds. The predicted octanol–water partition coefficient (Wildman–Crippen LogP) is 1.51. The van der Waals surface area contributed by atoms with Gasteiger partial charge in [0.15, 0.2) is 5.82 Å². The maximum atomic E-state index is 4.18. The number of benzene rings is 1. The van der Waals surface area contributed by atoms with Gasteiger partial charge in [0.1, 0.15) is 0 Å². The van der Waals surface area contributed by atoms with Crippen molar-refractivity contribution in [3.63, 3.8) is 0 Å². The van der Waals surface area contributed by atoms with E-state index in [4.69, 9.17) is 0 Å². The zero-order chi connectivity index (χ0) is 13.1. The molecule has 0 aliphatic heterocycles. The fourth-order valence-electron chi connectivity index (χ4n) is 2.74. The molecule has 0 fully saturated rings. The summed E-state index contributed by atoms with van der Waals surface area (Å²) in [7, 11) is 0. The van der Waals surface area contributed by atoms with Crippen LogP contribution < -0.4 is 5.32 Å². The van der Waals surface area contributed by atoms with Crippen LogP contribution in [-0.2, 0) is 19.4 Å². The van der Waals surface area contributed by atoms with Crippen molar-refractivity contribution in [2.75, 3.05) is 6.54 Å². The molecule has 1 heterocycles. The van der Waals surface area contributed by atoms with Crippen molar-refractivity contribution in [3.05, 3.63) is 41.2 Å². The molecule has 5 nitrogen and oxygen atoms in total. The highest BCUT2D eigenvalue weighted by Gasteiger charge is 2.22. The second-order valence-electron chi connectivity index (χ2n) is 4.99. The standard InChI is InChI=1S/C14H19N5/c1-2-15-10-14-16-17-18-19(14)13-8-7-11-5-3-4-6-12(11)9-13/h3-6,13,15H,2,7-10H2,1H3. The van der Waals surface area contributed by atoms with Crippen LogP contribution in [0.25, 0.3) is 0 Å². The molecular weight excluding hydrogens is 238 g/mol. The van der Waals surface area contributed by atoms with Crippen molar-refractivity contribution in [1.29, 1.82) is 0 Å².